The maximum Gasteiger partial charge on any atom is 0.498 e. The van der Waals surface area contributed by atoms with Gasteiger partial charge in [-0.05, 0) is 68.6 Å². The lowest BCUT2D eigenvalue weighted by Gasteiger charge is -2.56. The number of hydrogen-bond donors (Lipinski definition) is 1. The lowest BCUT2D eigenvalue weighted by Crippen LogP contribution is -2.51. The van der Waals surface area contributed by atoms with Crippen LogP contribution in [0.5, 0.6) is 0 Å². The van der Waals surface area contributed by atoms with E-state index in [2.05, 4.69) is 5.32 Å². The van der Waals surface area contributed by atoms with E-state index in [0.29, 0.717) is 17.8 Å². The fraction of sp³-hybridized carbons (Fsp3) is 0.944. The van der Waals surface area contributed by atoms with Gasteiger partial charge in [-0.25, -0.2) is 21.6 Å². The molecule has 0 aliphatic heterocycles. The minimum atomic E-state index is -6.77. The molecule has 192 valence electrons. The van der Waals surface area contributed by atoms with Crippen molar-refractivity contribution in [1.29, 1.82) is 0 Å². The molecule has 0 spiro atoms. The number of alkyl halides is 6. The summed E-state index contributed by atoms with van der Waals surface area (Å²) in [5.41, 5.74) is -12.6. The predicted molar refractivity (Wildman–Crippen MR) is 103 cm³/mol. The number of sulfone groups is 2. The lowest BCUT2D eigenvalue weighted by atomic mass is 9.49. The van der Waals surface area contributed by atoms with Gasteiger partial charge in [0.15, 0.2) is 4.58 Å². The van der Waals surface area contributed by atoms with E-state index in [1.807, 2.05) is 0 Å². The van der Waals surface area contributed by atoms with Crippen LogP contribution in [0.25, 0.3) is 0 Å². The largest absolute Gasteiger partial charge is 0.498 e. The Kier molecular flexibility index (Phi) is 6.75. The van der Waals surface area contributed by atoms with Crippen molar-refractivity contribution < 1.29 is 52.7 Å². The summed E-state index contributed by atoms with van der Waals surface area (Å²) in [5, 5.41) is 2.48. The number of rotatable bonds is 7. The predicted octanol–water partition coefficient (Wildman–Crippen LogP) is 3.90. The first-order chi connectivity index (χ1) is 14.9. The van der Waals surface area contributed by atoms with Gasteiger partial charge in [0.2, 0.25) is 0 Å². The van der Waals surface area contributed by atoms with Crippen LogP contribution in [0.4, 0.5) is 31.1 Å². The second-order valence-corrected chi connectivity index (χ2v) is 14.2. The molecule has 1 atom stereocenters. The van der Waals surface area contributed by atoms with Gasteiger partial charge < -0.3 is 10.1 Å². The molecule has 0 heterocycles. The zero-order chi connectivity index (χ0) is 25.0. The zero-order valence-electron chi connectivity index (χ0n) is 17.6. The van der Waals surface area contributed by atoms with E-state index in [9.17, 15) is 48.0 Å². The van der Waals surface area contributed by atoms with Crippen LogP contribution in [0.15, 0.2) is 0 Å². The first kappa shape index (κ1) is 26.4. The van der Waals surface area contributed by atoms with Crippen molar-refractivity contribution in [3.63, 3.8) is 0 Å². The van der Waals surface area contributed by atoms with Crippen LogP contribution in [-0.4, -0.2) is 51.2 Å². The Labute approximate surface area is 187 Å². The fourth-order valence-electron chi connectivity index (χ4n) is 6.03. The Hall–Kier alpha value is -1.25. The quantitative estimate of drug-likeness (QED) is 0.502. The number of hydrogen-bond acceptors (Lipinski definition) is 6. The zero-order valence-corrected chi connectivity index (χ0v) is 19.2. The number of nitrogens with one attached hydrogen (secondary N) is 1. The highest BCUT2D eigenvalue weighted by Crippen LogP contribution is 2.59. The van der Waals surface area contributed by atoms with Crippen molar-refractivity contribution >= 4 is 25.8 Å². The van der Waals surface area contributed by atoms with Gasteiger partial charge in [-0.3, -0.25) is 0 Å². The summed E-state index contributed by atoms with van der Waals surface area (Å²) in [7, 11) is -13.5. The summed E-state index contributed by atoms with van der Waals surface area (Å²) in [5.74, 6) is 1.69. The summed E-state index contributed by atoms with van der Waals surface area (Å²) in [6.45, 7) is 1.04. The van der Waals surface area contributed by atoms with Crippen molar-refractivity contribution in [3.05, 3.63) is 0 Å². The number of carbonyl (C=O) groups is 1. The molecular weight excluding hydrogens is 504 g/mol. The number of carbonyl (C=O) groups excluding carboxylic acids is 1. The van der Waals surface area contributed by atoms with Gasteiger partial charge in [-0.2, -0.15) is 26.3 Å². The molecule has 0 aromatic rings. The molecule has 33 heavy (non-hydrogen) atoms. The van der Waals surface area contributed by atoms with Crippen LogP contribution < -0.4 is 5.32 Å². The minimum absolute atomic E-state index is 0.140. The van der Waals surface area contributed by atoms with Crippen molar-refractivity contribution in [1.82, 2.24) is 5.32 Å². The van der Waals surface area contributed by atoms with Crippen LogP contribution in [0, 0.1) is 23.2 Å². The van der Waals surface area contributed by atoms with E-state index in [1.165, 1.54) is 0 Å². The first-order valence-electron chi connectivity index (χ1n) is 10.4. The molecule has 0 radical (unpaired) electrons. The third-order valence-corrected chi connectivity index (χ3v) is 11.5. The minimum Gasteiger partial charge on any atom is -0.446 e. The number of halogens is 6. The Balaban J connectivity index is 1.65. The maximum absolute atomic E-state index is 12.9. The van der Waals surface area contributed by atoms with Gasteiger partial charge in [0.1, 0.15) is 6.10 Å². The highest BCUT2D eigenvalue weighted by molar-refractivity contribution is 8.09. The molecule has 0 aromatic carbocycles. The Morgan fingerprint density at radius 3 is 1.67 bits per heavy atom. The van der Waals surface area contributed by atoms with Crippen molar-refractivity contribution in [2.24, 2.45) is 23.2 Å². The van der Waals surface area contributed by atoms with Crippen molar-refractivity contribution in [2.75, 3.05) is 6.54 Å². The Morgan fingerprint density at radius 2 is 1.30 bits per heavy atom. The lowest BCUT2D eigenvalue weighted by molar-refractivity contribution is -0.0516. The average Bonchev–Trinajstić information content (AvgIpc) is 2.61. The van der Waals surface area contributed by atoms with Crippen molar-refractivity contribution in [3.8, 4) is 0 Å². The van der Waals surface area contributed by atoms with Crippen LogP contribution in [0.1, 0.15) is 51.9 Å². The number of amides is 1. The molecule has 15 heteroatoms. The normalized spacial score (nSPS) is 31.0. The van der Waals surface area contributed by atoms with Gasteiger partial charge in [0.05, 0.1) is 0 Å². The van der Waals surface area contributed by atoms with Crippen LogP contribution in [0.2, 0.25) is 0 Å². The Morgan fingerprint density at radius 1 is 0.909 bits per heavy atom. The molecule has 4 rings (SSSR count). The van der Waals surface area contributed by atoms with Gasteiger partial charge in [-0.1, -0.05) is 0 Å². The highest BCUT2D eigenvalue weighted by Gasteiger charge is 2.63. The molecule has 4 aliphatic carbocycles. The molecule has 1 unspecified atom stereocenters. The van der Waals surface area contributed by atoms with E-state index in [0.717, 1.165) is 45.4 Å². The van der Waals surface area contributed by atoms with Gasteiger partial charge in [0, 0.05) is 13.0 Å². The van der Waals surface area contributed by atoms with Gasteiger partial charge in [-0.15, -0.1) is 0 Å². The van der Waals surface area contributed by atoms with E-state index in [1.54, 1.807) is 0 Å². The molecule has 4 fully saturated rings. The van der Waals surface area contributed by atoms with Gasteiger partial charge in [0.25, 0.3) is 19.7 Å². The maximum atomic E-state index is 12.9. The second kappa shape index (κ2) is 8.45. The smallest absolute Gasteiger partial charge is 0.446 e. The van der Waals surface area contributed by atoms with E-state index in [4.69, 9.17) is 4.74 Å². The monoisotopic (exact) mass is 529 g/mol. The number of ether oxygens (including phenoxy) is 1. The SMILES string of the molecule is CC(CC(S(=O)(=O)C(F)(F)F)S(=O)(=O)C(F)(F)F)OC(=O)NCC12CC3CC(CC(C3)C1)C2. The van der Waals surface area contributed by atoms with E-state index in [-0.39, 0.29) is 12.0 Å². The molecule has 0 saturated heterocycles. The topological polar surface area (TPSA) is 107 Å². The highest BCUT2D eigenvalue weighted by atomic mass is 32.3. The fourth-order valence-corrected chi connectivity index (χ4v) is 9.66. The molecule has 7 nitrogen and oxygen atoms in total. The molecular formula is C18H25F6NO6S2. The molecule has 1 amide bonds. The van der Waals surface area contributed by atoms with E-state index < -0.39 is 53.9 Å². The van der Waals surface area contributed by atoms with Gasteiger partial charge >= 0.3 is 17.1 Å². The molecule has 4 bridgehead atoms. The summed E-state index contributed by atoms with van der Waals surface area (Å²) in [6, 6.07) is 0. The molecule has 1 N–H and O–H groups in total. The summed E-state index contributed by atoms with van der Waals surface area (Å²) in [6.07, 6.45) is 1.40. The summed E-state index contributed by atoms with van der Waals surface area (Å²) < 4.78 is 124. The number of alkyl carbamates (subject to hydrolysis) is 1. The van der Waals surface area contributed by atoms with Crippen LogP contribution in [0.3, 0.4) is 0 Å². The third-order valence-electron chi connectivity index (χ3n) is 6.94. The second-order valence-electron chi connectivity index (χ2n) is 9.63. The summed E-state index contributed by atoms with van der Waals surface area (Å²) in [4.78, 5) is 12.1. The van der Waals surface area contributed by atoms with Crippen LogP contribution in [-0.2, 0) is 24.4 Å². The Bertz CT molecular complexity index is 896. The molecule has 4 aliphatic rings. The van der Waals surface area contributed by atoms with Crippen molar-refractivity contribution in [2.45, 2.75) is 73.6 Å². The third kappa shape index (κ3) is 5.22. The molecule has 4 saturated carbocycles. The first-order valence-corrected chi connectivity index (χ1v) is 13.5. The summed E-state index contributed by atoms with van der Waals surface area (Å²) >= 11 is 0. The van der Waals surface area contributed by atoms with Crippen LogP contribution >= 0.6 is 0 Å². The standard InChI is InChI=1S/C18H25F6NO6S2/c1-10(2-14(32(27,28)17(19,20)21)33(29,30)18(22,23)24)31-15(26)25-9-16-6-11-3-12(7-16)5-13(4-11)8-16/h10-14H,2-9H2,1H3,(H,25,26). The van der Waals surface area contributed by atoms with E-state index >= 15 is 0 Å². The average molecular weight is 530 g/mol. The molecule has 0 aromatic heterocycles.